The summed E-state index contributed by atoms with van der Waals surface area (Å²) in [6, 6.07) is 0. The summed E-state index contributed by atoms with van der Waals surface area (Å²) in [5, 5.41) is 15.1. The summed E-state index contributed by atoms with van der Waals surface area (Å²) < 4.78 is 31.6. The minimum atomic E-state index is -4.67. The number of nitrogens with zero attached hydrogens (tertiary/aromatic N) is 6. The van der Waals surface area contributed by atoms with Gasteiger partial charge in [-0.1, -0.05) is 0 Å². The second-order valence-electron chi connectivity index (χ2n) is 4.14. The molecule has 22 heavy (non-hydrogen) atoms. The van der Waals surface area contributed by atoms with Crippen LogP contribution in [0.5, 0.6) is 0 Å². The van der Waals surface area contributed by atoms with Crippen molar-refractivity contribution < 1.29 is 17.5 Å². The first-order valence-corrected chi connectivity index (χ1v) is 7.03. The van der Waals surface area contributed by atoms with Crippen molar-refractivity contribution in [3.8, 4) is 0 Å². The average molecular weight is 338 g/mol. The molecule has 0 aromatic rings. The molecule has 0 saturated heterocycles. The number of guanidine groups is 2. The molecule has 6 N–H and O–H groups in total. The lowest BCUT2D eigenvalue weighted by molar-refractivity contribution is 0.381. The summed E-state index contributed by atoms with van der Waals surface area (Å²) in [4.78, 5) is 3.29. The Morgan fingerprint density at radius 3 is 1.68 bits per heavy atom. The Morgan fingerprint density at radius 2 is 1.32 bits per heavy atom. The fourth-order valence-electron chi connectivity index (χ4n) is 0.506. The van der Waals surface area contributed by atoms with Crippen molar-refractivity contribution in [2.75, 3.05) is 28.2 Å². The first kappa shape index (κ1) is 22.0. The van der Waals surface area contributed by atoms with Gasteiger partial charge in [0, 0.05) is 28.2 Å². The predicted molar refractivity (Wildman–Crippen MR) is 86.4 cm³/mol. The second-order valence-corrected chi connectivity index (χ2v) is 5.03. The fourth-order valence-corrected chi connectivity index (χ4v) is 0.506. The molecular weight excluding hydrogens is 316 g/mol. The lowest BCUT2D eigenvalue weighted by atomic mass is 10.5. The van der Waals surface area contributed by atoms with E-state index in [1.807, 2.05) is 0 Å². The van der Waals surface area contributed by atoms with Crippen molar-refractivity contribution in [2.45, 2.75) is 6.92 Å². The normalized spacial score (nSPS) is 13.7. The first-order valence-electron chi connectivity index (χ1n) is 5.63. The molecule has 0 aromatic carbocycles. The van der Waals surface area contributed by atoms with Gasteiger partial charge in [0.25, 0.3) is 0 Å². The zero-order valence-electron chi connectivity index (χ0n) is 13.0. The van der Waals surface area contributed by atoms with Crippen LogP contribution in [0.25, 0.3) is 0 Å². The molecule has 0 aliphatic heterocycles. The van der Waals surface area contributed by atoms with Crippen LogP contribution in [-0.4, -0.2) is 79.4 Å². The highest BCUT2D eigenvalue weighted by Gasteiger charge is 1.93. The Kier molecular flexibility index (Phi) is 10.5. The van der Waals surface area contributed by atoms with Gasteiger partial charge in [0.05, 0.1) is 11.9 Å². The third-order valence-electron chi connectivity index (χ3n) is 1.63. The number of nitrogens with two attached hydrogens (primary N) is 2. The summed E-state index contributed by atoms with van der Waals surface area (Å²) in [5.74, 6) is 0.624. The standard InChI is InChI=1S/C9H20N8.H2O4S/c1-7(13-15-9(11)17(4)5)6-12-14-8(10)16(2)3;1-5(2,3)4/h6H,1-5H3,(H2,10,14)(H2,11,15);(H2,1,2,3,4)/b12-6?,13-7+;. The maximum absolute atomic E-state index is 8.74. The zero-order chi connectivity index (χ0) is 17.9. The summed E-state index contributed by atoms with van der Waals surface area (Å²) in [7, 11) is 2.44. The lowest BCUT2D eigenvalue weighted by Crippen LogP contribution is -2.30. The molecular formula is C9H22N8O4S. The zero-order valence-corrected chi connectivity index (χ0v) is 13.9. The van der Waals surface area contributed by atoms with Gasteiger partial charge in [0.1, 0.15) is 0 Å². The average Bonchev–Trinajstić information content (AvgIpc) is 2.33. The largest absolute Gasteiger partial charge is 0.394 e. The van der Waals surface area contributed by atoms with Crippen molar-refractivity contribution in [1.82, 2.24) is 9.80 Å². The van der Waals surface area contributed by atoms with E-state index in [-0.39, 0.29) is 0 Å². The minimum Gasteiger partial charge on any atom is -0.368 e. The van der Waals surface area contributed by atoms with E-state index in [0.717, 1.165) is 0 Å². The van der Waals surface area contributed by atoms with Crippen LogP contribution in [0.15, 0.2) is 20.4 Å². The van der Waals surface area contributed by atoms with Gasteiger partial charge in [-0.15, -0.1) is 10.2 Å². The highest BCUT2D eigenvalue weighted by molar-refractivity contribution is 7.79. The van der Waals surface area contributed by atoms with Crippen LogP contribution in [0.2, 0.25) is 0 Å². The van der Waals surface area contributed by atoms with Crippen molar-refractivity contribution in [2.24, 2.45) is 31.9 Å². The highest BCUT2D eigenvalue weighted by atomic mass is 32.3. The maximum Gasteiger partial charge on any atom is 0.394 e. The topological polar surface area (TPSA) is 183 Å². The summed E-state index contributed by atoms with van der Waals surface area (Å²) in [6.07, 6.45) is 1.45. The Bertz CT molecular complexity index is 542. The molecule has 0 unspecified atom stereocenters. The van der Waals surface area contributed by atoms with Crippen LogP contribution < -0.4 is 11.5 Å². The predicted octanol–water partition coefficient (Wildman–Crippen LogP) is -1.55. The van der Waals surface area contributed by atoms with Crippen molar-refractivity contribution in [1.29, 1.82) is 0 Å². The molecule has 12 nitrogen and oxygen atoms in total. The van der Waals surface area contributed by atoms with E-state index in [1.54, 1.807) is 44.9 Å². The number of hydrogen-bond acceptors (Lipinski definition) is 6. The van der Waals surface area contributed by atoms with E-state index in [9.17, 15) is 0 Å². The Balaban J connectivity index is 0. The molecule has 0 saturated carbocycles. The molecule has 0 fully saturated rings. The van der Waals surface area contributed by atoms with Gasteiger partial charge >= 0.3 is 10.4 Å². The van der Waals surface area contributed by atoms with E-state index in [4.69, 9.17) is 29.0 Å². The molecule has 0 amide bonds. The molecule has 128 valence electrons. The molecule has 0 bridgehead atoms. The van der Waals surface area contributed by atoms with Crippen LogP contribution in [-0.2, 0) is 10.4 Å². The Labute approximate surface area is 129 Å². The fraction of sp³-hybridized carbons (Fsp3) is 0.556. The monoisotopic (exact) mass is 338 g/mol. The van der Waals surface area contributed by atoms with Gasteiger partial charge < -0.3 is 21.3 Å². The lowest BCUT2D eigenvalue weighted by Gasteiger charge is -2.08. The van der Waals surface area contributed by atoms with Gasteiger partial charge in [-0.05, 0) is 6.92 Å². The quantitative estimate of drug-likeness (QED) is 0.206. The SMILES string of the molecule is C/C(C=NN=C(N)N(C)C)=N\N=C(N)N(C)C.O=S(=O)(O)O. The van der Waals surface area contributed by atoms with Crippen LogP contribution in [0, 0.1) is 0 Å². The number of hydrogen-bond donors (Lipinski definition) is 4. The third kappa shape index (κ3) is 17.8. The van der Waals surface area contributed by atoms with Gasteiger partial charge in [0.15, 0.2) is 0 Å². The van der Waals surface area contributed by atoms with Gasteiger partial charge in [-0.25, -0.2) is 0 Å². The molecule has 0 radical (unpaired) electrons. The molecule has 13 heteroatoms. The van der Waals surface area contributed by atoms with E-state index in [1.165, 1.54) is 6.21 Å². The Hall–Kier alpha value is -2.25. The van der Waals surface area contributed by atoms with Crippen LogP contribution in [0.1, 0.15) is 6.92 Å². The molecule has 0 atom stereocenters. The van der Waals surface area contributed by atoms with E-state index >= 15 is 0 Å². The van der Waals surface area contributed by atoms with Crippen molar-refractivity contribution in [3.63, 3.8) is 0 Å². The smallest absolute Gasteiger partial charge is 0.368 e. The molecule has 0 aliphatic rings. The van der Waals surface area contributed by atoms with E-state index < -0.39 is 10.4 Å². The Morgan fingerprint density at radius 1 is 0.955 bits per heavy atom. The van der Waals surface area contributed by atoms with Gasteiger partial charge in [-0.3, -0.25) is 9.11 Å². The summed E-state index contributed by atoms with van der Waals surface area (Å²) in [6.45, 7) is 1.73. The van der Waals surface area contributed by atoms with Gasteiger partial charge in [-0.2, -0.15) is 18.6 Å². The summed E-state index contributed by atoms with van der Waals surface area (Å²) in [5.41, 5.74) is 11.7. The van der Waals surface area contributed by atoms with E-state index in [0.29, 0.717) is 17.6 Å². The molecule has 0 spiro atoms. The van der Waals surface area contributed by atoms with Crippen LogP contribution in [0.3, 0.4) is 0 Å². The van der Waals surface area contributed by atoms with Crippen molar-refractivity contribution >= 4 is 34.2 Å². The third-order valence-corrected chi connectivity index (χ3v) is 1.63. The van der Waals surface area contributed by atoms with Crippen LogP contribution >= 0.6 is 0 Å². The molecule has 0 rings (SSSR count). The molecule has 0 aromatic heterocycles. The summed E-state index contributed by atoms with van der Waals surface area (Å²) >= 11 is 0. The van der Waals surface area contributed by atoms with Crippen LogP contribution in [0.4, 0.5) is 0 Å². The first-order chi connectivity index (χ1) is 9.84. The highest BCUT2D eigenvalue weighted by Crippen LogP contribution is 1.82. The van der Waals surface area contributed by atoms with Gasteiger partial charge in [0.2, 0.25) is 11.9 Å². The molecule has 0 aliphatic carbocycles. The van der Waals surface area contributed by atoms with E-state index in [2.05, 4.69) is 20.4 Å². The van der Waals surface area contributed by atoms with Crippen molar-refractivity contribution in [3.05, 3.63) is 0 Å². The number of rotatable bonds is 3. The second kappa shape index (κ2) is 10.5. The minimum absolute atomic E-state index is 0.311. The molecule has 0 heterocycles. The maximum atomic E-state index is 8.74.